The van der Waals surface area contributed by atoms with Crippen molar-refractivity contribution in [3.8, 4) is 6.07 Å². The Morgan fingerprint density at radius 2 is 1.93 bits per heavy atom. The van der Waals surface area contributed by atoms with Crippen molar-refractivity contribution in [2.75, 3.05) is 5.32 Å². The maximum atomic E-state index is 13.3. The van der Waals surface area contributed by atoms with Crippen LogP contribution >= 0.6 is 0 Å². The van der Waals surface area contributed by atoms with Gasteiger partial charge in [0.15, 0.2) is 5.60 Å². The molecule has 150 valence electrons. The number of anilines is 1. The molecule has 0 radical (unpaired) electrons. The summed E-state index contributed by atoms with van der Waals surface area (Å²) in [5, 5.41) is 22.2. The van der Waals surface area contributed by atoms with Crippen LogP contribution in [0.2, 0.25) is 0 Å². The Morgan fingerprint density at radius 3 is 2.59 bits per heavy atom. The number of carbonyl (C=O) groups is 1. The normalized spacial score (nSPS) is 13.7. The van der Waals surface area contributed by atoms with Crippen molar-refractivity contribution in [3.63, 3.8) is 0 Å². The molecule has 2 N–H and O–H groups in total. The molecular weight excluding hydrogens is 390 g/mol. The molecule has 29 heavy (non-hydrogen) atoms. The minimum absolute atomic E-state index is 0.207. The number of halogens is 4. The number of amides is 1. The Morgan fingerprint density at radius 1 is 1.21 bits per heavy atom. The van der Waals surface area contributed by atoms with E-state index in [-0.39, 0.29) is 12.2 Å². The highest BCUT2D eigenvalue weighted by Gasteiger charge is 2.35. The number of nitrogens with one attached hydrogen (secondary N) is 1. The summed E-state index contributed by atoms with van der Waals surface area (Å²) in [7, 11) is 0. The fourth-order valence-electron chi connectivity index (χ4n) is 2.93. The highest BCUT2D eigenvalue weighted by Crippen LogP contribution is 2.33. The number of aliphatic hydroxyl groups is 1. The van der Waals surface area contributed by atoms with E-state index in [0.29, 0.717) is 17.0 Å². The first-order valence-corrected chi connectivity index (χ1v) is 8.41. The number of benzene rings is 2. The number of nitriles is 1. The van der Waals surface area contributed by atoms with E-state index in [9.17, 15) is 27.5 Å². The number of hydrogen-bond donors (Lipinski definition) is 2. The molecule has 0 bridgehead atoms. The Labute approximate surface area is 162 Å². The molecule has 1 aromatic heterocycles. The van der Waals surface area contributed by atoms with Crippen molar-refractivity contribution in [1.29, 1.82) is 5.26 Å². The summed E-state index contributed by atoms with van der Waals surface area (Å²) in [6, 6.07) is 9.83. The van der Waals surface area contributed by atoms with Gasteiger partial charge in [-0.15, -0.1) is 0 Å². The second-order valence-electron chi connectivity index (χ2n) is 6.74. The summed E-state index contributed by atoms with van der Waals surface area (Å²) in [6.07, 6.45) is -3.21. The summed E-state index contributed by atoms with van der Waals surface area (Å²) in [5.74, 6) is -1.36. The maximum Gasteiger partial charge on any atom is 0.417 e. The first kappa shape index (κ1) is 20.4. The number of carbonyl (C=O) groups excluding carboxylic acids is 1. The Hall–Kier alpha value is -3.38. The molecule has 3 aromatic rings. The van der Waals surface area contributed by atoms with Crippen molar-refractivity contribution in [2.24, 2.45) is 0 Å². The predicted molar refractivity (Wildman–Crippen MR) is 97.3 cm³/mol. The quantitative estimate of drug-likeness (QED) is 0.643. The van der Waals surface area contributed by atoms with Gasteiger partial charge in [0.05, 0.1) is 23.7 Å². The van der Waals surface area contributed by atoms with Gasteiger partial charge in [-0.2, -0.15) is 18.4 Å². The molecule has 3 rings (SSSR count). The third-order valence-electron chi connectivity index (χ3n) is 4.40. The summed E-state index contributed by atoms with van der Waals surface area (Å²) < 4.78 is 54.1. The third kappa shape index (κ3) is 4.22. The van der Waals surface area contributed by atoms with Crippen LogP contribution in [0.5, 0.6) is 0 Å². The van der Waals surface area contributed by atoms with Gasteiger partial charge in [0, 0.05) is 22.8 Å². The lowest BCUT2D eigenvalue weighted by Gasteiger charge is -2.24. The van der Waals surface area contributed by atoms with Crippen LogP contribution in [-0.2, 0) is 17.5 Å². The summed E-state index contributed by atoms with van der Waals surface area (Å²) in [5.41, 5.74) is -3.37. The molecule has 1 unspecified atom stereocenters. The van der Waals surface area contributed by atoms with Gasteiger partial charge >= 0.3 is 6.18 Å². The van der Waals surface area contributed by atoms with Crippen molar-refractivity contribution >= 4 is 22.5 Å². The smallest absolute Gasteiger partial charge is 0.378 e. The summed E-state index contributed by atoms with van der Waals surface area (Å²) in [6.45, 7) is 1.00. The number of alkyl halides is 3. The van der Waals surface area contributed by atoms with Crippen LogP contribution in [0.25, 0.3) is 10.9 Å². The highest BCUT2D eigenvalue weighted by atomic mass is 19.4. The van der Waals surface area contributed by atoms with E-state index in [1.807, 2.05) is 0 Å². The molecular formula is C20H15F4N3O2. The second kappa shape index (κ2) is 7.22. The number of rotatable bonds is 4. The fourth-order valence-corrected chi connectivity index (χ4v) is 2.93. The number of nitrogens with zero attached hydrogens (tertiary/aromatic N) is 2. The molecule has 2 aromatic carbocycles. The zero-order valence-electron chi connectivity index (χ0n) is 15.1. The molecule has 0 saturated carbocycles. The van der Waals surface area contributed by atoms with Crippen LogP contribution in [-0.4, -0.2) is 21.2 Å². The lowest BCUT2D eigenvalue weighted by molar-refractivity contribution is -0.138. The molecule has 5 nitrogen and oxygen atoms in total. The van der Waals surface area contributed by atoms with E-state index < -0.39 is 34.6 Å². The molecule has 1 amide bonds. The highest BCUT2D eigenvalue weighted by molar-refractivity contribution is 5.97. The third-order valence-corrected chi connectivity index (χ3v) is 4.40. The molecule has 9 heteroatoms. The molecule has 0 spiro atoms. The minimum Gasteiger partial charge on any atom is -0.378 e. The van der Waals surface area contributed by atoms with Crippen LogP contribution in [0.1, 0.15) is 18.1 Å². The van der Waals surface area contributed by atoms with Crippen LogP contribution in [0.3, 0.4) is 0 Å². The minimum atomic E-state index is -4.77. The Balaban J connectivity index is 1.83. The average Bonchev–Trinajstić information content (AvgIpc) is 3.02. The van der Waals surface area contributed by atoms with Crippen molar-refractivity contribution in [1.82, 2.24) is 4.57 Å². The maximum absolute atomic E-state index is 13.3. The Bertz CT molecular complexity index is 1130. The van der Waals surface area contributed by atoms with E-state index in [2.05, 4.69) is 5.32 Å². The lowest BCUT2D eigenvalue weighted by atomic mass is 10.0. The van der Waals surface area contributed by atoms with Gasteiger partial charge in [-0.1, -0.05) is 0 Å². The number of fused-ring (bicyclic) bond motifs is 1. The molecule has 0 aliphatic carbocycles. The van der Waals surface area contributed by atoms with E-state index in [1.165, 1.54) is 35.8 Å². The number of hydrogen-bond acceptors (Lipinski definition) is 3. The molecule has 0 aliphatic heterocycles. The van der Waals surface area contributed by atoms with Gasteiger partial charge in [-0.25, -0.2) is 4.39 Å². The standard InChI is InChI=1S/C20H15F4N3O2/c1-19(29,11-27-7-6-12-8-14(21)3-5-17(12)27)18(28)26-15-4-2-13(10-25)16(9-15)20(22,23)24/h2-9,29H,11H2,1H3,(H,26,28). The Kier molecular flexibility index (Phi) is 5.07. The van der Waals surface area contributed by atoms with Crippen LogP contribution in [0.4, 0.5) is 23.2 Å². The van der Waals surface area contributed by atoms with E-state index in [4.69, 9.17) is 5.26 Å². The topological polar surface area (TPSA) is 78.1 Å². The van der Waals surface area contributed by atoms with Gasteiger partial charge < -0.3 is 15.0 Å². The van der Waals surface area contributed by atoms with Crippen LogP contribution in [0.15, 0.2) is 48.7 Å². The van der Waals surface area contributed by atoms with Crippen molar-refractivity contribution in [2.45, 2.75) is 25.2 Å². The average molecular weight is 405 g/mol. The largest absolute Gasteiger partial charge is 0.417 e. The zero-order chi connectivity index (χ0) is 21.4. The fraction of sp³-hybridized carbons (Fsp3) is 0.200. The molecule has 0 aliphatic rings. The van der Waals surface area contributed by atoms with Gasteiger partial charge in [-0.05, 0) is 49.4 Å². The summed E-state index contributed by atoms with van der Waals surface area (Å²) >= 11 is 0. The SMILES string of the molecule is CC(O)(Cn1ccc2cc(F)ccc21)C(=O)Nc1ccc(C#N)c(C(F)(F)F)c1. The summed E-state index contributed by atoms with van der Waals surface area (Å²) in [4.78, 5) is 12.5. The van der Waals surface area contributed by atoms with Crippen molar-refractivity contribution in [3.05, 3.63) is 65.6 Å². The van der Waals surface area contributed by atoms with E-state index in [1.54, 1.807) is 12.3 Å². The van der Waals surface area contributed by atoms with Gasteiger partial charge in [0.2, 0.25) is 0 Å². The monoisotopic (exact) mass is 405 g/mol. The number of aromatic nitrogens is 1. The van der Waals surface area contributed by atoms with E-state index >= 15 is 0 Å². The van der Waals surface area contributed by atoms with Gasteiger partial charge in [-0.3, -0.25) is 4.79 Å². The first-order chi connectivity index (χ1) is 13.5. The van der Waals surface area contributed by atoms with E-state index in [0.717, 1.165) is 12.1 Å². The van der Waals surface area contributed by atoms with Crippen LogP contribution < -0.4 is 5.32 Å². The molecule has 1 heterocycles. The predicted octanol–water partition coefficient (Wildman–Crippen LogP) is 4.06. The van der Waals surface area contributed by atoms with Gasteiger partial charge in [0.1, 0.15) is 5.82 Å². The molecule has 1 atom stereocenters. The zero-order valence-corrected chi connectivity index (χ0v) is 15.1. The molecule has 0 fully saturated rings. The van der Waals surface area contributed by atoms with Crippen LogP contribution in [0, 0.1) is 17.1 Å². The lowest BCUT2D eigenvalue weighted by Crippen LogP contribution is -2.43. The van der Waals surface area contributed by atoms with Crippen molar-refractivity contribution < 1.29 is 27.5 Å². The second-order valence-corrected chi connectivity index (χ2v) is 6.74. The first-order valence-electron chi connectivity index (χ1n) is 8.41. The molecule has 0 saturated heterocycles. The van der Waals surface area contributed by atoms with Gasteiger partial charge in [0.25, 0.3) is 5.91 Å².